The molecule has 1 amide bonds. The number of para-hydroxylation sites is 1. The van der Waals surface area contributed by atoms with Crippen molar-refractivity contribution in [1.29, 1.82) is 0 Å². The molecule has 5 rings (SSSR count). The molecule has 0 N–H and O–H groups in total. The number of ether oxygens (including phenoxy) is 1. The Hall–Kier alpha value is -2.67. The number of aromatic nitrogens is 2. The minimum absolute atomic E-state index is 0.136. The fraction of sp³-hybridized carbons (Fsp3) is 0.350. The molecule has 4 heterocycles. The molecule has 0 aliphatic carbocycles. The molecule has 27 heavy (non-hydrogen) atoms. The first kappa shape index (κ1) is 16.5. The second kappa shape index (κ2) is 6.20. The Morgan fingerprint density at radius 3 is 2.85 bits per heavy atom. The zero-order chi connectivity index (χ0) is 18.4. The molecule has 1 fully saturated rings. The number of likely N-dealkylation sites (tertiary alicyclic amines) is 1. The third kappa shape index (κ3) is 2.73. The lowest BCUT2D eigenvalue weighted by molar-refractivity contribution is -0.0107. The molecule has 138 valence electrons. The van der Waals surface area contributed by atoms with Crippen molar-refractivity contribution in [3.8, 4) is 5.75 Å². The molecule has 1 spiro atoms. The van der Waals surface area contributed by atoms with E-state index in [0.717, 1.165) is 31.4 Å². The van der Waals surface area contributed by atoms with Crippen molar-refractivity contribution < 1.29 is 9.53 Å². The molecule has 2 aliphatic heterocycles. The molecule has 1 saturated heterocycles. The smallest absolute Gasteiger partial charge is 0.271 e. The molecule has 1 aromatic carbocycles. The summed E-state index contributed by atoms with van der Waals surface area (Å²) in [6.07, 6.45) is 6.60. The van der Waals surface area contributed by atoms with Crippen LogP contribution < -0.4 is 10.3 Å². The van der Waals surface area contributed by atoms with Crippen LogP contribution in [0.4, 0.5) is 0 Å². The van der Waals surface area contributed by atoms with Crippen LogP contribution in [0.25, 0.3) is 4.96 Å². The van der Waals surface area contributed by atoms with Gasteiger partial charge in [-0.3, -0.25) is 14.0 Å². The Bertz CT molecular complexity index is 1080. The van der Waals surface area contributed by atoms with Crippen molar-refractivity contribution in [2.24, 2.45) is 0 Å². The number of rotatable bonds is 1. The zero-order valence-corrected chi connectivity index (χ0v) is 15.6. The molecular formula is C20H19N3O3S. The highest BCUT2D eigenvalue weighted by molar-refractivity contribution is 7.15. The van der Waals surface area contributed by atoms with Gasteiger partial charge in [-0.15, -0.1) is 11.3 Å². The van der Waals surface area contributed by atoms with Crippen LogP contribution in [-0.4, -0.2) is 38.9 Å². The van der Waals surface area contributed by atoms with Crippen molar-refractivity contribution >= 4 is 22.2 Å². The lowest BCUT2D eigenvalue weighted by atomic mass is 9.83. The van der Waals surface area contributed by atoms with Crippen molar-refractivity contribution in [3.63, 3.8) is 0 Å². The van der Waals surface area contributed by atoms with Gasteiger partial charge in [0.2, 0.25) is 0 Å². The Morgan fingerprint density at radius 2 is 2.00 bits per heavy atom. The molecule has 2 aliphatic rings. The molecule has 0 radical (unpaired) electrons. The number of carbonyl (C=O) groups is 1. The summed E-state index contributed by atoms with van der Waals surface area (Å²) < 4.78 is 7.79. The summed E-state index contributed by atoms with van der Waals surface area (Å²) in [5, 5.41) is 1.79. The molecular weight excluding hydrogens is 362 g/mol. The quantitative estimate of drug-likeness (QED) is 0.650. The lowest BCUT2D eigenvalue weighted by Crippen LogP contribution is -2.51. The highest BCUT2D eigenvalue weighted by Crippen LogP contribution is 2.39. The first-order chi connectivity index (χ1) is 13.2. The van der Waals surface area contributed by atoms with Gasteiger partial charge in [0, 0.05) is 43.7 Å². The van der Waals surface area contributed by atoms with Crippen molar-refractivity contribution in [2.75, 3.05) is 13.1 Å². The summed E-state index contributed by atoms with van der Waals surface area (Å²) in [4.78, 5) is 32.0. The predicted octanol–water partition coefficient (Wildman–Crippen LogP) is 2.76. The average Bonchev–Trinajstić information content (AvgIpc) is 3.18. The van der Waals surface area contributed by atoms with Gasteiger partial charge in [0.1, 0.15) is 16.9 Å². The van der Waals surface area contributed by atoms with E-state index in [1.165, 1.54) is 27.5 Å². The van der Waals surface area contributed by atoms with Gasteiger partial charge in [-0.25, -0.2) is 4.98 Å². The summed E-state index contributed by atoms with van der Waals surface area (Å²) in [7, 11) is 0. The fourth-order valence-corrected chi connectivity index (χ4v) is 4.74. The number of hydrogen-bond donors (Lipinski definition) is 0. The number of fused-ring (bicyclic) bond motifs is 2. The maximum Gasteiger partial charge on any atom is 0.271 e. The third-order valence-electron chi connectivity index (χ3n) is 5.68. The van der Waals surface area contributed by atoms with Crippen LogP contribution in [0.3, 0.4) is 0 Å². The van der Waals surface area contributed by atoms with Crippen LogP contribution in [0, 0.1) is 0 Å². The first-order valence-electron chi connectivity index (χ1n) is 9.16. The van der Waals surface area contributed by atoms with Gasteiger partial charge in [0.15, 0.2) is 4.96 Å². The zero-order valence-electron chi connectivity index (χ0n) is 14.8. The number of piperidine rings is 1. The van der Waals surface area contributed by atoms with E-state index in [0.29, 0.717) is 18.1 Å². The normalized spacial score (nSPS) is 18.3. The SMILES string of the molecule is O=C(c1cnc2sccn2c1=O)N1CCC2(CCc3ccccc3O2)CC1. The van der Waals surface area contributed by atoms with Gasteiger partial charge in [-0.2, -0.15) is 0 Å². The van der Waals surface area contributed by atoms with Crippen molar-refractivity contribution in [1.82, 2.24) is 14.3 Å². The van der Waals surface area contributed by atoms with E-state index in [-0.39, 0.29) is 22.6 Å². The van der Waals surface area contributed by atoms with Gasteiger partial charge in [-0.1, -0.05) is 18.2 Å². The summed E-state index contributed by atoms with van der Waals surface area (Å²) in [5.41, 5.74) is 0.895. The van der Waals surface area contributed by atoms with Gasteiger partial charge in [0.05, 0.1) is 0 Å². The van der Waals surface area contributed by atoms with Crippen molar-refractivity contribution in [3.05, 3.63) is 63.5 Å². The monoisotopic (exact) mass is 381 g/mol. The van der Waals surface area contributed by atoms with Crippen LogP contribution in [0.15, 0.2) is 46.8 Å². The number of aryl methyl sites for hydroxylation is 1. The summed E-state index contributed by atoms with van der Waals surface area (Å²) in [6.45, 7) is 1.18. The van der Waals surface area contributed by atoms with E-state index in [9.17, 15) is 9.59 Å². The fourth-order valence-electron chi connectivity index (χ4n) is 4.07. The van der Waals surface area contributed by atoms with Crippen LogP contribution >= 0.6 is 11.3 Å². The van der Waals surface area contributed by atoms with Crippen LogP contribution in [0.2, 0.25) is 0 Å². The minimum Gasteiger partial charge on any atom is -0.487 e. The van der Waals surface area contributed by atoms with Crippen molar-refractivity contribution in [2.45, 2.75) is 31.3 Å². The average molecular weight is 381 g/mol. The number of carbonyl (C=O) groups excluding carboxylic acids is 1. The molecule has 0 unspecified atom stereocenters. The minimum atomic E-state index is -0.297. The maximum absolute atomic E-state index is 12.9. The second-order valence-electron chi connectivity index (χ2n) is 7.22. The molecule has 0 atom stereocenters. The van der Waals surface area contributed by atoms with Crippen LogP contribution in [-0.2, 0) is 6.42 Å². The number of hydrogen-bond acceptors (Lipinski definition) is 5. The van der Waals surface area contributed by atoms with E-state index in [1.54, 1.807) is 16.5 Å². The maximum atomic E-state index is 12.9. The summed E-state index contributed by atoms with van der Waals surface area (Å²) in [6, 6.07) is 8.17. The van der Waals surface area contributed by atoms with E-state index in [1.807, 2.05) is 18.2 Å². The Balaban J connectivity index is 1.34. The molecule has 3 aromatic rings. The Morgan fingerprint density at radius 1 is 1.19 bits per heavy atom. The molecule has 0 saturated carbocycles. The van der Waals surface area contributed by atoms with Crippen LogP contribution in [0.1, 0.15) is 35.2 Å². The van der Waals surface area contributed by atoms with E-state index >= 15 is 0 Å². The van der Waals surface area contributed by atoms with Crippen LogP contribution in [0.5, 0.6) is 5.75 Å². The predicted molar refractivity (Wildman–Crippen MR) is 103 cm³/mol. The standard InChI is InChI=1S/C20H19N3O3S/c24-17(15-13-21-19-23(18(15)25)11-12-27-19)22-9-7-20(8-10-22)6-5-14-3-1-2-4-16(14)26-20/h1-4,11-13H,5-10H2. The Labute approximate surface area is 160 Å². The first-order valence-corrected chi connectivity index (χ1v) is 10.0. The van der Waals surface area contributed by atoms with Gasteiger partial charge >= 0.3 is 0 Å². The van der Waals surface area contributed by atoms with E-state index in [2.05, 4.69) is 11.1 Å². The molecule has 2 aromatic heterocycles. The van der Waals surface area contributed by atoms with Gasteiger partial charge < -0.3 is 9.64 Å². The highest BCUT2D eigenvalue weighted by atomic mass is 32.1. The second-order valence-corrected chi connectivity index (χ2v) is 8.09. The van der Waals surface area contributed by atoms with E-state index < -0.39 is 0 Å². The Kier molecular flexibility index (Phi) is 3.79. The van der Waals surface area contributed by atoms with Gasteiger partial charge in [0.25, 0.3) is 11.5 Å². The highest BCUT2D eigenvalue weighted by Gasteiger charge is 2.40. The molecule has 6 nitrogen and oxygen atoms in total. The topological polar surface area (TPSA) is 63.9 Å². The third-order valence-corrected chi connectivity index (χ3v) is 6.45. The number of nitrogens with zero attached hydrogens (tertiary/aromatic N) is 3. The summed E-state index contributed by atoms with van der Waals surface area (Å²) in [5.74, 6) is 0.730. The lowest BCUT2D eigenvalue weighted by Gasteiger charge is -2.44. The largest absolute Gasteiger partial charge is 0.487 e. The van der Waals surface area contributed by atoms with E-state index in [4.69, 9.17) is 4.74 Å². The molecule has 0 bridgehead atoms. The number of amides is 1. The summed E-state index contributed by atoms with van der Waals surface area (Å²) >= 11 is 1.38. The van der Waals surface area contributed by atoms with Gasteiger partial charge in [-0.05, 0) is 24.5 Å². The molecule has 7 heteroatoms. The number of benzene rings is 1. The number of thiazole rings is 1.